The second kappa shape index (κ2) is 10.4. The molecule has 38 heavy (non-hydrogen) atoms. The van der Waals surface area contributed by atoms with Crippen molar-refractivity contribution >= 4 is 17.4 Å². The van der Waals surface area contributed by atoms with Gasteiger partial charge in [0, 0.05) is 24.7 Å². The van der Waals surface area contributed by atoms with E-state index in [0.29, 0.717) is 45.2 Å². The Morgan fingerprint density at radius 2 is 2.00 bits per heavy atom. The van der Waals surface area contributed by atoms with Crippen molar-refractivity contribution in [2.75, 3.05) is 12.3 Å². The molecule has 0 saturated carbocycles. The van der Waals surface area contributed by atoms with Gasteiger partial charge in [-0.2, -0.15) is 10.4 Å². The summed E-state index contributed by atoms with van der Waals surface area (Å²) in [5, 5.41) is 17.0. The van der Waals surface area contributed by atoms with E-state index in [1.165, 1.54) is 16.9 Å². The highest BCUT2D eigenvalue weighted by atomic mass is 19.1. The van der Waals surface area contributed by atoms with Crippen molar-refractivity contribution in [1.29, 1.82) is 5.26 Å². The summed E-state index contributed by atoms with van der Waals surface area (Å²) in [5.74, 6) is -0.534. The Bertz CT molecular complexity index is 1690. The molecule has 0 aliphatic heterocycles. The molecule has 3 aromatic heterocycles. The number of amides is 1. The van der Waals surface area contributed by atoms with Crippen LogP contribution in [0, 0.1) is 17.1 Å². The van der Waals surface area contributed by atoms with E-state index in [9.17, 15) is 14.4 Å². The number of fused-ring (bicyclic) bond motifs is 1. The van der Waals surface area contributed by atoms with Crippen LogP contribution in [0.2, 0.25) is 0 Å². The van der Waals surface area contributed by atoms with E-state index in [-0.39, 0.29) is 31.0 Å². The Hall–Kier alpha value is -5.28. The summed E-state index contributed by atoms with van der Waals surface area (Å²) in [5.41, 5.74) is 15.3. The second-order valence-electron chi connectivity index (χ2n) is 8.37. The summed E-state index contributed by atoms with van der Waals surface area (Å²) < 4.78 is 16.4. The summed E-state index contributed by atoms with van der Waals surface area (Å²) >= 11 is 0. The van der Waals surface area contributed by atoms with Crippen LogP contribution in [0.25, 0.3) is 28.3 Å². The Kier molecular flexibility index (Phi) is 6.66. The van der Waals surface area contributed by atoms with Crippen molar-refractivity contribution in [2.24, 2.45) is 5.73 Å². The van der Waals surface area contributed by atoms with E-state index in [0.717, 1.165) is 0 Å². The maximum atomic E-state index is 14.9. The number of nitrogens with one attached hydrogen (secondary N) is 1. The van der Waals surface area contributed by atoms with Gasteiger partial charge in [0.15, 0.2) is 17.3 Å². The number of primary amides is 1. The first kappa shape index (κ1) is 24.4. The average molecular weight is 509 g/mol. The molecule has 0 unspecified atom stereocenters. The fourth-order valence-corrected chi connectivity index (χ4v) is 4.12. The Labute approximate surface area is 216 Å². The summed E-state index contributed by atoms with van der Waals surface area (Å²) in [6.45, 7) is 0.196. The maximum Gasteiger partial charge on any atom is 0.231 e. The molecule has 0 spiro atoms. The molecule has 5 aromatic rings. The molecule has 2 aromatic carbocycles. The van der Waals surface area contributed by atoms with Gasteiger partial charge in [0.05, 0.1) is 23.9 Å². The Morgan fingerprint density at radius 3 is 2.76 bits per heavy atom. The predicted octanol–water partition coefficient (Wildman–Crippen LogP) is 2.01. The molecule has 0 aliphatic rings. The molecule has 11 nitrogen and oxygen atoms in total. The molecule has 5 rings (SSSR count). The number of carbonyl (C=O) groups excluding carboxylic acids is 1. The van der Waals surface area contributed by atoms with Gasteiger partial charge in [-0.15, -0.1) is 0 Å². The Balaban J connectivity index is 1.64. The van der Waals surface area contributed by atoms with Gasteiger partial charge >= 0.3 is 0 Å². The SMILES string of the molecule is N#Cc1cccc(-c2nc(N)c3nc(Cc4c(F)cccc4CNCC(N)=O)nn3c2-c2ccncn2)c1. The number of aromatic nitrogens is 6. The highest BCUT2D eigenvalue weighted by molar-refractivity contribution is 5.81. The number of hydrogen-bond acceptors (Lipinski definition) is 9. The topological polar surface area (TPSA) is 174 Å². The van der Waals surface area contributed by atoms with Gasteiger partial charge in [0.25, 0.3) is 0 Å². The van der Waals surface area contributed by atoms with Crippen LogP contribution in [0.15, 0.2) is 61.1 Å². The third-order valence-corrected chi connectivity index (χ3v) is 5.80. The molecule has 188 valence electrons. The van der Waals surface area contributed by atoms with Crippen LogP contribution in [0.1, 0.15) is 22.5 Å². The fraction of sp³-hybridized carbons (Fsp3) is 0.115. The summed E-state index contributed by atoms with van der Waals surface area (Å²) in [4.78, 5) is 28.6. The van der Waals surface area contributed by atoms with Crippen molar-refractivity contribution in [3.63, 3.8) is 0 Å². The van der Waals surface area contributed by atoms with Crippen molar-refractivity contribution in [2.45, 2.75) is 13.0 Å². The molecule has 5 N–H and O–H groups in total. The number of anilines is 1. The van der Waals surface area contributed by atoms with Gasteiger partial charge in [0.1, 0.15) is 23.5 Å². The second-order valence-corrected chi connectivity index (χ2v) is 8.37. The zero-order chi connectivity index (χ0) is 26.6. The monoisotopic (exact) mass is 508 g/mol. The lowest BCUT2D eigenvalue weighted by molar-refractivity contribution is -0.117. The van der Waals surface area contributed by atoms with Crippen LogP contribution in [-0.2, 0) is 17.8 Å². The van der Waals surface area contributed by atoms with Crippen LogP contribution in [-0.4, -0.2) is 42.0 Å². The third-order valence-electron chi connectivity index (χ3n) is 5.80. The standard InChI is InChI=1S/C26H21FN10O/c27-19-6-2-5-17(12-32-13-21(29)38)18(19)10-22-34-26-25(30)35-23(16-4-1-3-15(9-16)11-28)24(37(26)36-22)20-7-8-31-14-33-20/h1-9,14,32H,10,12-13H2,(H2,29,38)(H2,30,35). The van der Waals surface area contributed by atoms with Gasteiger partial charge in [-0.1, -0.05) is 24.3 Å². The molecule has 0 bridgehead atoms. The number of nitrogen functional groups attached to an aromatic ring is 1. The first-order valence-corrected chi connectivity index (χ1v) is 11.5. The lowest BCUT2D eigenvalue weighted by Gasteiger charge is -2.11. The number of nitrogens with two attached hydrogens (primary N) is 2. The van der Waals surface area contributed by atoms with E-state index < -0.39 is 11.7 Å². The molecule has 12 heteroatoms. The molecular weight excluding hydrogens is 487 g/mol. The number of benzene rings is 2. The third kappa shape index (κ3) is 4.86. The fourth-order valence-electron chi connectivity index (χ4n) is 4.12. The van der Waals surface area contributed by atoms with Gasteiger partial charge < -0.3 is 16.8 Å². The zero-order valence-electron chi connectivity index (χ0n) is 20.0. The number of halogens is 1. The van der Waals surface area contributed by atoms with Gasteiger partial charge in [-0.25, -0.2) is 28.8 Å². The lowest BCUT2D eigenvalue weighted by atomic mass is 10.0. The van der Waals surface area contributed by atoms with E-state index in [4.69, 9.17) is 11.5 Å². The van der Waals surface area contributed by atoms with Crippen LogP contribution < -0.4 is 16.8 Å². The van der Waals surface area contributed by atoms with E-state index in [1.807, 2.05) is 6.07 Å². The predicted molar refractivity (Wildman–Crippen MR) is 136 cm³/mol. The van der Waals surface area contributed by atoms with Gasteiger partial charge in [-0.3, -0.25) is 4.79 Å². The van der Waals surface area contributed by atoms with E-state index >= 15 is 0 Å². The smallest absolute Gasteiger partial charge is 0.231 e. The normalized spacial score (nSPS) is 10.9. The molecular formula is C26H21FN10O. The maximum absolute atomic E-state index is 14.9. The molecule has 3 heterocycles. The molecule has 0 saturated heterocycles. The number of nitrogens with zero attached hydrogens (tertiary/aromatic N) is 7. The minimum Gasteiger partial charge on any atom is -0.381 e. The average Bonchev–Trinajstić information content (AvgIpc) is 3.35. The first-order valence-electron chi connectivity index (χ1n) is 11.5. The number of nitriles is 1. The highest BCUT2D eigenvalue weighted by Gasteiger charge is 2.22. The molecule has 0 fully saturated rings. The largest absolute Gasteiger partial charge is 0.381 e. The van der Waals surface area contributed by atoms with Crippen molar-refractivity contribution in [3.8, 4) is 28.7 Å². The minimum absolute atomic E-state index is 0.0388. The van der Waals surface area contributed by atoms with Gasteiger partial charge in [-0.05, 0) is 35.4 Å². The minimum atomic E-state index is -0.513. The first-order chi connectivity index (χ1) is 18.4. The van der Waals surface area contributed by atoms with Crippen LogP contribution in [0.5, 0.6) is 0 Å². The molecule has 0 atom stereocenters. The molecule has 0 radical (unpaired) electrons. The molecule has 1 amide bonds. The zero-order valence-corrected chi connectivity index (χ0v) is 20.0. The van der Waals surface area contributed by atoms with E-state index in [1.54, 1.807) is 42.6 Å². The van der Waals surface area contributed by atoms with Crippen molar-refractivity contribution in [1.82, 2.24) is 34.9 Å². The van der Waals surface area contributed by atoms with E-state index in [2.05, 4.69) is 36.4 Å². The molecule has 0 aliphatic carbocycles. The van der Waals surface area contributed by atoms with Crippen LogP contribution in [0.3, 0.4) is 0 Å². The number of rotatable bonds is 8. The number of carbonyl (C=O) groups is 1. The van der Waals surface area contributed by atoms with Crippen molar-refractivity contribution in [3.05, 3.63) is 89.4 Å². The quantitative estimate of drug-likeness (QED) is 0.283. The van der Waals surface area contributed by atoms with Crippen molar-refractivity contribution < 1.29 is 9.18 Å². The Morgan fingerprint density at radius 1 is 1.16 bits per heavy atom. The highest BCUT2D eigenvalue weighted by Crippen LogP contribution is 2.32. The van der Waals surface area contributed by atoms with Crippen LogP contribution in [0.4, 0.5) is 10.2 Å². The number of hydrogen-bond donors (Lipinski definition) is 3. The lowest BCUT2D eigenvalue weighted by Crippen LogP contribution is -2.28. The van der Waals surface area contributed by atoms with Crippen LogP contribution >= 0.6 is 0 Å². The summed E-state index contributed by atoms with van der Waals surface area (Å²) in [6, 6.07) is 15.5. The summed E-state index contributed by atoms with van der Waals surface area (Å²) in [6.07, 6.45) is 3.04. The summed E-state index contributed by atoms with van der Waals surface area (Å²) in [7, 11) is 0. The van der Waals surface area contributed by atoms with Gasteiger partial charge in [0.2, 0.25) is 5.91 Å².